The number of hydrogen-bond donors (Lipinski definition) is 4. The van der Waals surface area contributed by atoms with Crippen molar-refractivity contribution in [2.24, 2.45) is 0 Å². The van der Waals surface area contributed by atoms with Crippen molar-refractivity contribution in [3.05, 3.63) is 50.8 Å². The third-order valence-corrected chi connectivity index (χ3v) is 9.27. The van der Waals surface area contributed by atoms with Crippen LogP contribution < -0.4 is 4.74 Å². The molecule has 5 rings (SSSR count). The fourth-order valence-corrected chi connectivity index (χ4v) is 7.10. The first-order valence-corrected chi connectivity index (χ1v) is 13.7. The van der Waals surface area contributed by atoms with Crippen molar-refractivity contribution < 1.29 is 49.0 Å². The van der Waals surface area contributed by atoms with Gasteiger partial charge in [-0.15, -0.1) is 0 Å². The van der Waals surface area contributed by atoms with E-state index in [9.17, 15) is 34.8 Å². The number of aliphatic hydroxyl groups excluding tert-OH is 2. The Hall–Kier alpha value is -3.71. The highest BCUT2D eigenvalue weighted by Gasteiger charge is 2.60. The number of fused-ring (bicyclic) bond motifs is 6. The summed E-state index contributed by atoms with van der Waals surface area (Å²) in [5.41, 5.74) is 1.18. The summed E-state index contributed by atoms with van der Waals surface area (Å²) in [7, 11) is 4.31. The number of benzene rings is 1. The highest BCUT2D eigenvalue weighted by atomic mass is 16.5. The molecule has 1 aromatic rings. The predicted octanol–water partition coefficient (Wildman–Crippen LogP) is 1.46. The van der Waals surface area contributed by atoms with Crippen LogP contribution in [0.5, 0.6) is 17.2 Å². The number of allylic oxidation sites excluding steroid dienone is 3. The third-order valence-electron chi connectivity index (χ3n) is 9.27. The highest BCUT2D eigenvalue weighted by Crippen LogP contribution is 2.58. The van der Waals surface area contributed by atoms with Gasteiger partial charge in [-0.1, -0.05) is 6.08 Å². The molecule has 1 fully saturated rings. The van der Waals surface area contributed by atoms with Crippen LogP contribution in [-0.2, 0) is 23.9 Å². The molecule has 2 bridgehead atoms. The van der Waals surface area contributed by atoms with Crippen LogP contribution in [-0.4, -0.2) is 100.0 Å². The molecule has 0 spiro atoms. The van der Waals surface area contributed by atoms with Crippen LogP contribution in [0.3, 0.4) is 0 Å². The molecule has 1 aliphatic carbocycles. The topological polar surface area (TPSA) is 166 Å². The van der Waals surface area contributed by atoms with Gasteiger partial charge >= 0.3 is 5.97 Å². The van der Waals surface area contributed by atoms with Crippen LogP contribution in [0.1, 0.15) is 56.0 Å². The lowest BCUT2D eigenvalue weighted by molar-refractivity contribution is -0.199. The number of esters is 1. The van der Waals surface area contributed by atoms with E-state index in [1.54, 1.807) is 43.7 Å². The van der Waals surface area contributed by atoms with E-state index in [0.29, 0.717) is 5.57 Å². The first-order valence-electron chi connectivity index (χ1n) is 13.7. The van der Waals surface area contributed by atoms with Gasteiger partial charge in [-0.2, -0.15) is 0 Å². The molecule has 0 radical (unpaired) electrons. The van der Waals surface area contributed by atoms with E-state index in [4.69, 9.17) is 14.2 Å². The van der Waals surface area contributed by atoms with Crippen LogP contribution in [0.15, 0.2) is 34.1 Å². The predicted molar refractivity (Wildman–Crippen MR) is 147 cm³/mol. The Morgan fingerprint density at radius 3 is 2.31 bits per heavy atom. The zero-order chi connectivity index (χ0) is 30.9. The average molecular weight is 585 g/mol. The molecule has 0 saturated carbocycles. The zero-order valence-electron chi connectivity index (χ0n) is 24.6. The summed E-state index contributed by atoms with van der Waals surface area (Å²) in [5.74, 6) is -2.26. The second kappa shape index (κ2) is 10.5. The number of Topliss-reactive ketones (excluding diaryl/α,β-unsaturated/α-hetero) is 2. The molecule has 3 heterocycles. The van der Waals surface area contributed by atoms with Gasteiger partial charge in [0.05, 0.1) is 32.3 Å². The first kappa shape index (κ1) is 29.8. The molecule has 3 aliphatic heterocycles. The standard InChI is InChI=1S/C30H36N2O10/c1-8-11(2)30(39)42-10-16-17-14(22(33)12(3)27(40-6)25(17)36)9-15-20-18-19(23(34)13(4)28(41-7)26(18)37)24(35)21(31(20)5)29(38)32(15)16/h8,15-16,20-21,24,29,34-35,37-38H,9-10H2,1-7H3/b11-8-/t15-,16-,20+,21+,24-,29-/m0/s1. The van der Waals surface area contributed by atoms with Crippen LogP contribution >= 0.6 is 0 Å². The van der Waals surface area contributed by atoms with E-state index >= 15 is 0 Å². The number of phenolic OH excluding ortho intramolecular Hbond substituents is 2. The lowest BCUT2D eigenvalue weighted by Crippen LogP contribution is -2.71. The van der Waals surface area contributed by atoms with Crippen molar-refractivity contribution in [3.8, 4) is 17.2 Å². The lowest BCUT2D eigenvalue weighted by atomic mass is 9.70. The second-order valence-electron chi connectivity index (χ2n) is 11.2. The van der Waals surface area contributed by atoms with Gasteiger partial charge in [-0.25, -0.2) is 4.79 Å². The number of methoxy groups -OCH3 is 2. The van der Waals surface area contributed by atoms with Crippen LogP contribution in [0, 0.1) is 6.92 Å². The number of ether oxygens (including phenoxy) is 3. The Morgan fingerprint density at radius 1 is 1.05 bits per heavy atom. The van der Waals surface area contributed by atoms with Crippen molar-refractivity contribution >= 4 is 17.5 Å². The molecule has 4 aliphatic rings. The number of phenols is 2. The van der Waals surface area contributed by atoms with Gasteiger partial charge < -0.3 is 34.6 Å². The smallest absolute Gasteiger partial charge is 0.333 e. The molecule has 0 aromatic heterocycles. The molecular weight excluding hydrogens is 548 g/mol. The van der Waals surface area contributed by atoms with E-state index in [1.165, 1.54) is 21.1 Å². The molecule has 4 N–H and O–H groups in total. The summed E-state index contributed by atoms with van der Waals surface area (Å²) in [6.45, 7) is 5.92. The van der Waals surface area contributed by atoms with E-state index in [-0.39, 0.29) is 69.4 Å². The Morgan fingerprint density at radius 2 is 1.71 bits per heavy atom. The molecule has 1 saturated heterocycles. The quantitative estimate of drug-likeness (QED) is 0.171. The van der Waals surface area contributed by atoms with E-state index in [0.717, 1.165) is 0 Å². The maximum atomic E-state index is 13.8. The summed E-state index contributed by atoms with van der Waals surface area (Å²) < 4.78 is 16.3. The second-order valence-corrected chi connectivity index (χ2v) is 11.2. The molecule has 12 heteroatoms. The Bertz CT molecular complexity index is 1490. The molecule has 6 atom stereocenters. The fourth-order valence-electron chi connectivity index (χ4n) is 7.10. The summed E-state index contributed by atoms with van der Waals surface area (Å²) in [6.07, 6.45) is -1.34. The van der Waals surface area contributed by atoms with Gasteiger partial charge in [0, 0.05) is 45.0 Å². The third kappa shape index (κ3) is 3.93. The SMILES string of the molecule is C/C=C(/C)C(=O)OC[C@H]1C2=C(C[C@H]3[C@@H]4c5c(O)c(OC)c(C)c(O)c5[C@H](O)[C@H]([C@H](O)N13)N4C)C(=O)C(C)=C(OC)C2=O. The van der Waals surface area contributed by atoms with Crippen LogP contribution in [0.2, 0.25) is 0 Å². The summed E-state index contributed by atoms with van der Waals surface area (Å²) >= 11 is 0. The Balaban J connectivity index is 1.74. The van der Waals surface area contributed by atoms with Gasteiger partial charge in [-0.3, -0.25) is 19.4 Å². The van der Waals surface area contributed by atoms with Gasteiger partial charge in [0.15, 0.2) is 23.0 Å². The minimum Gasteiger partial charge on any atom is -0.507 e. The van der Waals surface area contributed by atoms with Crippen molar-refractivity contribution in [1.29, 1.82) is 0 Å². The average Bonchev–Trinajstić information content (AvgIpc) is 2.96. The lowest BCUT2D eigenvalue weighted by Gasteiger charge is -2.61. The number of likely N-dealkylation sites (N-methyl/N-ethyl adjacent to an activating group) is 1. The number of nitrogens with zero attached hydrogens (tertiary/aromatic N) is 2. The van der Waals surface area contributed by atoms with Gasteiger partial charge in [0.25, 0.3) is 0 Å². The zero-order valence-corrected chi connectivity index (χ0v) is 24.6. The van der Waals surface area contributed by atoms with E-state index in [1.807, 2.05) is 0 Å². The Kier molecular flexibility index (Phi) is 7.46. The monoisotopic (exact) mass is 584 g/mol. The van der Waals surface area contributed by atoms with Crippen molar-refractivity contribution in [2.75, 3.05) is 27.9 Å². The number of piperazine rings is 1. The number of aliphatic hydroxyl groups is 2. The van der Waals surface area contributed by atoms with Gasteiger partial charge in [-0.05, 0) is 41.2 Å². The number of carbonyl (C=O) groups is 3. The molecule has 42 heavy (non-hydrogen) atoms. The van der Waals surface area contributed by atoms with Crippen LogP contribution in [0.4, 0.5) is 0 Å². The molecule has 226 valence electrons. The highest BCUT2D eigenvalue weighted by molar-refractivity contribution is 6.25. The largest absolute Gasteiger partial charge is 0.507 e. The number of aromatic hydroxyl groups is 2. The van der Waals surface area contributed by atoms with Gasteiger partial charge in [0.1, 0.15) is 24.7 Å². The van der Waals surface area contributed by atoms with E-state index in [2.05, 4.69) is 0 Å². The summed E-state index contributed by atoms with van der Waals surface area (Å²) in [6, 6.07) is -3.66. The van der Waals surface area contributed by atoms with Crippen molar-refractivity contribution in [3.63, 3.8) is 0 Å². The Labute approximate surface area is 243 Å². The van der Waals surface area contributed by atoms with Crippen molar-refractivity contribution in [2.45, 2.75) is 70.6 Å². The van der Waals surface area contributed by atoms with Crippen LogP contribution in [0.25, 0.3) is 0 Å². The maximum Gasteiger partial charge on any atom is 0.333 e. The minimum atomic E-state index is -1.46. The number of ketones is 2. The number of carbonyl (C=O) groups excluding carboxylic acids is 3. The number of hydrogen-bond acceptors (Lipinski definition) is 12. The summed E-state index contributed by atoms with van der Waals surface area (Å²) in [5, 5.41) is 46.0. The summed E-state index contributed by atoms with van der Waals surface area (Å²) in [4.78, 5) is 43.4. The molecule has 12 nitrogen and oxygen atoms in total. The molecule has 0 unspecified atom stereocenters. The fraction of sp³-hybridized carbons (Fsp3) is 0.500. The maximum absolute atomic E-state index is 13.8. The van der Waals surface area contributed by atoms with Crippen molar-refractivity contribution in [1.82, 2.24) is 9.80 Å². The van der Waals surface area contributed by atoms with E-state index < -0.39 is 54.0 Å². The minimum absolute atomic E-state index is 0.0166. The number of rotatable bonds is 5. The normalized spacial score (nSPS) is 29.7. The molecule has 0 amide bonds. The molecular formula is C30H36N2O10. The van der Waals surface area contributed by atoms with Gasteiger partial charge in [0.2, 0.25) is 5.78 Å². The first-order chi connectivity index (χ1) is 19.8. The molecule has 1 aromatic carbocycles.